The van der Waals surface area contributed by atoms with E-state index in [0.29, 0.717) is 6.42 Å². The summed E-state index contributed by atoms with van der Waals surface area (Å²) in [6, 6.07) is 8.06. The van der Waals surface area contributed by atoms with E-state index in [0.717, 1.165) is 24.3 Å². The van der Waals surface area contributed by atoms with E-state index in [1.54, 1.807) is 0 Å². The lowest BCUT2D eigenvalue weighted by molar-refractivity contribution is 0.269. The Kier molecular flexibility index (Phi) is 6.01. The van der Waals surface area contributed by atoms with E-state index in [4.69, 9.17) is 15.6 Å². The van der Waals surface area contributed by atoms with Crippen molar-refractivity contribution in [1.82, 2.24) is 0 Å². The number of benzene rings is 1. The molecule has 0 aliphatic rings. The molecule has 3 nitrogen and oxygen atoms in total. The van der Waals surface area contributed by atoms with Gasteiger partial charge in [0.15, 0.2) is 0 Å². The van der Waals surface area contributed by atoms with Gasteiger partial charge in [-0.15, -0.1) is 0 Å². The predicted octanol–water partition coefficient (Wildman–Crippen LogP) is 2.29. The highest BCUT2D eigenvalue weighted by atomic mass is 16.5. The van der Waals surface area contributed by atoms with Gasteiger partial charge < -0.3 is 15.6 Å². The van der Waals surface area contributed by atoms with E-state index in [1.807, 2.05) is 31.2 Å². The van der Waals surface area contributed by atoms with Crippen LogP contribution in [0.15, 0.2) is 24.3 Å². The lowest BCUT2D eigenvalue weighted by Crippen LogP contribution is -2.25. The molecule has 96 valence electrons. The van der Waals surface area contributed by atoms with Crippen molar-refractivity contribution in [3.63, 3.8) is 0 Å². The van der Waals surface area contributed by atoms with Crippen LogP contribution in [0.4, 0.5) is 0 Å². The lowest BCUT2D eigenvalue weighted by atomic mass is 9.90. The molecule has 0 aromatic heterocycles. The van der Waals surface area contributed by atoms with Crippen LogP contribution in [-0.4, -0.2) is 24.4 Å². The summed E-state index contributed by atoms with van der Waals surface area (Å²) in [5.41, 5.74) is 7.10. The Bertz CT molecular complexity index is 309. The van der Waals surface area contributed by atoms with Crippen molar-refractivity contribution >= 4 is 0 Å². The minimum absolute atomic E-state index is 0.0459. The fraction of sp³-hybridized carbons (Fsp3) is 0.571. The van der Waals surface area contributed by atoms with E-state index >= 15 is 0 Å². The first-order chi connectivity index (χ1) is 8.19. The zero-order valence-corrected chi connectivity index (χ0v) is 10.7. The molecule has 17 heavy (non-hydrogen) atoms. The van der Waals surface area contributed by atoms with E-state index in [1.165, 1.54) is 0 Å². The van der Waals surface area contributed by atoms with Crippen LogP contribution in [0, 0.1) is 0 Å². The first kappa shape index (κ1) is 14.0. The molecule has 0 amide bonds. The summed E-state index contributed by atoms with van der Waals surface area (Å²) in [5.74, 6) is 1.10. The lowest BCUT2D eigenvalue weighted by Gasteiger charge is -2.20. The van der Waals surface area contributed by atoms with Gasteiger partial charge in [-0.3, -0.25) is 0 Å². The maximum atomic E-state index is 9.04. The number of nitrogens with two attached hydrogens (primary N) is 1. The number of aliphatic hydroxyl groups excluding tert-OH is 1. The Balaban J connectivity index is 2.70. The number of rotatable bonds is 7. The van der Waals surface area contributed by atoms with Crippen LogP contribution < -0.4 is 10.5 Å². The Hall–Kier alpha value is -1.06. The van der Waals surface area contributed by atoms with Crippen LogP contribution in [-0.2, 0) is 0 Å². The molecule has 2 unspecified atom stereocenters. The highest BCUT2D eigenvalue weighted by molar-refractivity contribution is 5.30. The predicted molar refractivity (Wildman–Crippen MR) is 70.3 cm³/mol. The largest absolute Gasteiger partial charge is 0.494 e. The van der Waals surface area contributed by atoms with Gasteiger partial charge >= 0.3 is 0 Å². The van der Waals surface area contributed by atoms with E-state index in [9.17, 15) is 0 Å². The van der Waals surface area contributed by atoms with Crippen molar-refractivity contribution in [3.8, 4) is 5.75 Å². The molecule has 0 fully saturated rings. The molecule has 0 spiro atoms. The van der Waals surface area contributed by atoms with Gasteiger partial charge in [-0.05, 0) is 37.5 Å². The maximum Gasteiger partial charge on any atom is 0.119 e. The normalized spacial score (nSPS) is 14.4. The van der Waals surface area contributed by atoms with Gasteiger partial charge in [0.1, 0.15) is 5.75 Å². The first-order valence-corrected chi connectivity index (χ1v) is 6.28. The van der Waals surface area contributed by atoms with Gasteiger partial charge in [0, 0.05) is 18.6 Å². The van der Waals surface area contributed by atoms with Crippen LogP contribution >= 0.6 is 0 Å². The summed E-state index contributed by atoms with van der Waals surface area (Å²) in [6.07, 6.45) is 1.71. The molecular formula is C14H23NO2. The molecule has 0 bridgehead atoms. The van der Waals surface area contributed by atoms with Gasteiger partial charge in [0.2, 0.25) is 0 Å². The van der Waals surface area contributed by atoms with Gasteiger partial charge in [-0.25, -0.2) is 0 Å². The molecule has 0 heterocycles. The molecule has 1 rings (SSSR count). The van der Waals surface area contributed by atoms with Crippen LogP contribution in [0.25, 0.3) is 0 Å². The Morgan fingerprint density at radius 1 is 1.29 bits per heavy atom. The highest BCUT2D eigenvalue weighted by Crippen LogP contribution is 2.24. The zero-order valence-electron chi connectivity index (χ0n) is 10.7. The first-order valence-electron chi connectivity index (χ1n) is 6.28. The molecule has 0 aliphatic heterocycles. The van der Waals surface area contributed by atoms with Gasteiger partial charge in [-0.1, -0.05) is 19.1 Å². The zero-order chi connectivity index (χ0) is 12.7. The fourth-order valence-corrected chi connectivity index (χ4v) is 1.90. The van der Waals surface area contributed by atoms with E-state index in [2.05, 4.69) is 6.92 Å². The molecule has 0 radical (unpaired) electrons. The third-order valence-electron chi connectivity index (χ3n) is 2.86. The molecule has 3 N–H and O–H groups in total. The standard InChI is InChI=1S/C14H23NO2/c1-3-10-17-13-6-4-12(5-7-13)14(8-9-16)11(2)15/h4-7,11,14,16H,3,8-10,15H2,1-2H3. The number of hydrogen-bond acceptors (Lipinski definition) is 3. The monoisotopic (exact) mass is 237 g/mol. The Morgan fingerprint density at radius 2 is 1.94 bits per heavy atom. The highest BCUT2D eigenvalue weighted by Gasteiger charge is 2.15. The van der Waals surface area contributed by atoms with Gasteiger partial charge in [0.05, 0.1) is 6.61 Å². The van der Waals surface area contributed by atoms with Crippen LogP contribution in [0.1, 0.15) is 38.2 Å². The molecule has 2 atom stereocenters. The molecule has 0 saturated heterocycles. The summed E-state index contributed by atoms with van der Waals surface area (Å²) in [7, 11) is 0. The van der Waals surface area contributed by atoms with Crippen molar-refractivity contribution < 1.29 is 9.84 Å². The van der Waals surface area contributed by atoms with Crippen molar-refractivity contribution in [3.05, 3.63) is 29.8 Å². The second kappa shape index (κ2) is 7.30. The summed E-state index contributed by atoms with van der Waals surface area (Å²) in [5, 5.41) is 9.04. The van der Waals surface area contributed by atoms with E-state index < -0.39 is 0 Å². The van der Waals surface area contributed by atoms with Crippen LogP contribution in [0.3, 0.4) is 0 Å². The third kappa shape index (κ3) is 4.36. The second-order valence-corrected chi connectivity index (χ2v) is 4.40. The van der Waals surface area contributed by atoms with Crippen LogP contribution in [0.5, 0.6) is 5.75 Å². The number of hydrogen-bond donors (Lipinski definition) is 2. The molecule has 3 heteroatoms. The van der Waals surface area contributed by atoms with E-state index in [-0.39, 0.29) is 18.6 Å². The molecule has 0 saturated carbocycles. The number of aliphatic hydroxyl groups is 1. The molecule has 1 aromatic rings. The maximum absolute atomic E-state index is 9.04. The van der Waals surface area contributed by atoms with Crippen molar-refractivity contribution in [2.75, 3.05) is 13.2 Å². The van der Waals surface area contributed by atoms with Crippen molar-refractivity contribution in [2.45, 2.75) is 38.6 Å². The second-order valence-electron chi connectivity index (χ2n) is 4.40. The number of ether oxygens (including phenoxy) is 1. The van der Waals surface area contributed by atoms with Gasteiger partial charge in [-0.2, -0.15) is 0 Å². The summed E-state index contributed by atoms with van der Waals surface area (Å²) in [4.78, 5) is 0. The van der Waals surface area contributed by atoms with Crippen molar-refractivity contribution in [2.24, 2.45) is 5.73 Å². The van der Waals surface area contributed by atoms with Crippen molar-refractivity contribution in [1.29, 1.82) is 0 Å². The Morgan fingerprint density at radius 3 is 2.41 bits per heavy atom. The molecular weight excluding hydrogens is 214 g/mol. The minimum atomic E-state index is 0.0459. The summed E-state index contributed by atoms with van der Waals surface area (Å²) in [6.45, 7) is 4.97. The van der Waals surface area contributed by atoms with Gasteiger partial charge in [0.25, 0.3) is 0 Å². The molecule has 1 aromatic carbocycles. The Labute approximate surface area is 104 Å². The topological polar surface area (TPSA) is 55.5 Å². The minimum Gasteiger partial charge on any atom is -0.494 e. The fourth-order valence-electron chi connectivity index (χ4n) is 1.90. The average molecular weight is 237 g/mol. The average Bonchev–Trinajstić information content (AvgIpc) is 2.34. The SMILES string of the molecule is CCCOc1ccc(C(CCO)C(C)N)cc1. The summed E-state index contributed by atoms with van der Waals surface area (Å²) >= 11 is 0. The van der Waals surface area contributed by atoms with Crippen LogP contribution in [0.2, 0.25) is 0 Å². The third-order valence-corrected chi connectivity index (χ3v) is 2.86. The molecule has 0 aliphatic carbocycles. The summed E-state index contributed by atoms with van der Waals surface area (Å²) < 4.78 is 5.53. The smallest absolute Gasteiger partial charge is 0.119 e. The quantitative estimate of drug-likeness (QED) is 0.765.